The molecular weight excluding hydrogens is 1150 g/mol. The average molecular weight is 1280 g/mol. The highest BCUT2D eigenvalue weighted by molar-refractivity contribution is 7.47. The highest BCUT2D eigenvalue weighted by Crippen LogP contribution is 2.45. The van der Waals surface area contributed by atoms with Crippen LogP contribution in [-0.4, -0.2) is 96.7 Å². The smallest absolute Gasteiger partial charge is 0.462 e. The summed E-state index contributed by atoms with van der Waals surface area (Å²) in [6.45, 7) is 7.21. The second-order valence-corrected chi connectivity index (χ2v) is 27.9. The molecule has 3 N–H and O–H groups in total. The van der Waals surface area contributed by atoms with Gasteiger partial charge in [-0.3, -0.25) is 37.3 Å². The van der Waals surface area contributed by atoms with Crippen LogP contribution in [0.3, 0.4) is 0 Å². The minimum Gasteiger partial charge on any atom is -0.462 e. The van der Waals surface area contributed by atoms with Crippen molar-refractivity contribution in [3.8, 4) is 0 Å². The van der Waals surface area contributed by atoms with Crippen molar-refractivity contribution in [1.29, 1.82) is 0 Å². The zero-order valence-corrected chi connectivity index (χ0v) is 57.9. The Hall–Kier alpha value is -1.94. The van der Waals surface area contributed by atoms with Gasteiger partial charge in [0.15, 0.2) is 12.2 Å². The Balaban J connectivity index is 5.22. The molecule has 0 saturated heterocycles. The van der Waals surface area contributed by atoms with E-state index in [2.05, 4.69) is 34.6 Å². The fraction of sp³-hybridized carbons (Fsp3) is 0.941. The summed E-state index contributed by atoms with van der Waals surface area (Å²) in [5, 5.41) is 10.6. The van der Waals surface area contributed by atoms with Gasteiger partial charge in [-0.2, -0.15) is 0 Å². The van der Waals surface area contributed by atoms with Crippen LogP contribution >= 0.6 is 15.6 Å². The van der Waals surface area contributed by atoms with Crippen molar-refractivity contribution in [1.82, 2.24) is 0 Å². The predicted molar refractivity (Wildman–Crippen MR) is 349 cm³/mol. The van der Waals surface area contributed by atoms with Gasteiger partial charge in [0.2, 0.25) is 0 Å². The lowest BCUT2D eigenvalue weighted by atomic mass is 10.0. The lowest BCUT2D eigenvalue weighted by Crippen LogP contribution is -2.30. The summed E-state index contributed by atoms with van der Waals surface area (Å²) in [4.78, 5) is 72.3. The number of carbonyl (C=O) groups excluding carboxylic acids is 4. The molecule has 2 unspecified atom stereocenters. The predicted octanol–water partition coefficient (Wildman–Crippen LogP) is 19.4. The first-order chi connectivity index (χ1) is 42.0. The van der Waals surface area contributed by atoms with Crippen molar-refractivity contribution in [2.45, 2.75) is 368 Å². The number of phosphoric acid groups is 2. The zero-order chi connectivity index (χ0) is 64.2. The van der Waals surface area contributed by atoms with E-state index in [1.54, 1.807) is 0 Å². The number of hydrogen-bond acceptors (Lipinski definition) is 15. The van der Waals surface area contributed by atoms with E-state index in [-0.39, 0.29) is 25.7 Å². The molecule has 0 bridgehead atoms. The Bertz CT molecular complexity index is 1690. The molecule has 0 fully saturated rings. The van der Waals surface area contributed by atoms with Crippen molar-refractivity contribution in [2.75, 3.05) is 39.6 Å². The molecule has 87 heavy (non-hydrogen) atoms. The van der Waals surface area contributed by atoms with Gasteiger partial charge in [0, 0.05) is 25.7 Å². The molecule has 0 aromatic carbocycles. The van der Waals surface area contributed by atoms with Crippen LogP contribution in [-0.2, 0) is 65.4 Å². The third-order valence-corrected chi connectivity index (χ3v) is 17.7. The Kier molecular flexibility index (Phi) is 60.2. The number of aliphatic hydroxyl groups excluding tert-OH is 1. The maximum atomic E-state index is 13.0. The summed E-state index contributed by atoms with van der Waals surface area (Å²) < 4.78 is 68.1. The summed E-state index contributed by atoms with van der Waals surface area (Å²) >= 11 is 0. The molecule has 0 saturated carbocycles. The first-order valence-corrected chi connectivity index (χ1v) is 38.6. The molecule has 516 valence electrons. The lowest BCUT2D eigenvalue weighted by Gasteiger charge is -2.21. The number of carbonyl (C=O) groups is 4. The van der Waals surface area contributed by atoms with Crippen LogP contribution < -0.4 is 0 Å². The number of esters is 4. The molecule has 0 rings (SSSR count). The molecule has 0 radical (unpaired) electrons. The van der Waals surface area contributed by atoms with Gasteiger partial charge in [-0.05, 0) is 31.6 Å². The standard InChI is InChI=1S/C68H132O17P2/c1-6-9-12-15-18-21-23-24-25-26-29-34-39-44-49-54-68(73)85-64(58-79-66(71)52-47-42-37-33-30-27-28-31-35-40-45-50-61(4)5)60-83-87(76,77)81-56-62(69)55-80-86(74,75)82-59-63(57-78-65(70)51-46-41-36-20-17-14-11-8-3)84-67(72)53-48-43-38-32-22-19-16-13-10-7-2/h61-64,69H,6-60H2,1-5H3,(H,74,75)(H,76,77)/t62-,63+,64+/m0/s1. The number of phosphoric ester groups is 2. The second kappa shape index (κ2) is 61.6. The van der Waals surface area contributed by atoms with Crippen LogP contribution in [0.4, 0.5) is 0 Å². The van der Waals surface area contributed by atoms with Gasteiger partial charge in [-0.25, -0.2) is 9.13 Å². The molecule has 0 spiro atoms. The Morgan fingerprint density at radius 1 is 0.310 bits per heavy atom. The first-order valence-electron chi connectivity index (χ1n) is 35.6. The number of rotatable bonds is 68. The van der Waals surface area contributed by atoms with Crippen molar-refractivity contribution >= 4 is 39.5 Å². The summed E-state index contributed by atoms with van der Waals surface area (Å²) in [5.41, 5.74) is 0. The Labute approximate surface area is 530 Å². The van der Waals surface area contributed by atoms with Crippen molar-refractivity contribution in [3.05, 3.63) is 0 Å². The number of unbranched alkanes of at least 4 members (excludes halogenated alkanes) is 40. The maximum absolute atomic E-state index is 13.0. The minimum absolute atomic E-state index is 0.106. The van der Waals surface area contributed by atoms with Crippen LogP contribution in [0.15, 0.2) is 0 Å². The van der Waals surface area contributed by atoms with Gasteiger partial charge in [0.05, 0.1) is 26.4 Å². The summed E-state index contributed by atoms with van der Waals surface area (Å²) in [6, 6.07) is 0. The monoisotopic (exact) mass is 1280 g/mol. The van der Waals surface area contributed by atoms with E-state index in [0.29, 0.717) is 25.7 Å². The largest absolute Gasteiger partial charge is 0.472 e. The van der Waals surface area contributed by atoms with E-state index in [9.17, 15) is 43.2 Å². The molecule has 17 nitrogen and oxygen atoms in total. The molecule has 0 aliphatic rings. The highest BCUT2D eigenvalue weighted by Gasteiger charge is 2.30. The van der Waals surface area contributed by atoms with Crippen molar-refractivity contribution in [3.63, 3.8) is 0 Å². The van der Waals surface area contributed by atoms with E-state index in [0.717, 1.165) is 102 Å². The van der Waals surface area contributed by atoms with E-state index < -0.39 is 97.5 Å². The summed E-state index contributed by atoms with van der Waals surface area (Å²) in [7, 11) is -9.89. The van der Waals surface area contributed by atoms with Crippen molar-refractivity contribution in [2.24, 2.45) is 5.92 Å². The molecule has 19 heteroatoms. The van der Waals surface area contributed by atoms with Crippen LogP contribution in [0.2, 0.25) is 0 Å². The normalized spacial score (nSPS) is 14.1. The fourth-order valence-electron chi connectivity index (χ4n) is 10.3. The SMILES string of the molecule is CCCCCCCCCCCCCCCCCC(=O)O[C@H](COC(=O)CCCCCCCCCCCCCC(C)C)COP(=O)(O)OC[C@@H](O)COP(=O)(O)OC[C@@H](COC(=O)CCCCCCCCCC)OC(=O)CCCCCCCCCCCC. The topological polar surface area (TPSA) is 237 Å². The maximum Gasteiger partial charge on any atom is 0.472 e. The Morgan fingerprint density at radius 2 is 0.529 bits per heavy atom. The summed E-state index contributed by atoms with van der Waals surface area (Å²) in [5.74, 6) is -1.36. The van der Waals surface area contributed by atoms with Crippen LogP contribution in [0, 0.1) is 5.92 Å². The van der Waals surface area contributed by atoms with Gasteiger partial charge < -0.3 is 33.8 Å². The molecule has 0 aliphatic heterocycles. The molecule has 0 aliphatic carbocycles. The Morgan fingerprint density at radius 3 is 0.782 bits per heavy atom. The minimum atomic E-state index is -4.95. The highest BCUT2D eigenvalue weighted by atomic mass is 31.2. The van der Waals surface area contributed by atoms with Crippen molar-refractivity contribution < 1.29 is 80.2 Å². The molecule has 0 amide bonds. The molecule has 0 aromatic rings. The lowest BCUT2D eigenvalue weighted by molar-refractivity contribution is -0.161. The van der Waals surface area contributed by atoms with Gasteiger partial charge in [0.1, 0.15) is 19.3 Å². The molecule has 0 aromatic heterocycles. The first kappa shape index (κ1) is 85.1. The quantitative estimate of drug-likeness (QED) is 0.0222. The van der Waals surface area contributed by atoms with Crippen LogP contribution in [0.1, 0.15) is 349 Å². The number of hydrogen-bond donors (Lipinski definition) is 3. The van der Waals surface area contributed by atoms with E-state index >= 15 is 0 Å². The zero-order valence-electron chi connectivity index (χ0n) is 56.2. The van der Waals surface area contributed by atoms with E-state index in [4.69, 9.17) is 37.0 Å². The fourth-order valence-corrected chi connectivity index (χ4v) is 11.9. The average Bonchev–Trinajstić information content (AvgIpc) is 3.62. The third-order valence-electron chi connectivity index (χ3n) is 15.8. The number of ether oxygens (including phenoxy) is 4. The van der Waals surface area contributed by atoms with Gasteiger partial charge in [-0.15, -0.1) is 0 Å². The molecule has 5 atom stereocenters. The second-order valence-electron chi connectivity index (χ2n) is 25.0. The van der Waals surface area contributed by atoms with Crippen LogP contribution in [0.5, 0.6) is 0 Å². The number of aliphatic hydroxyl groups is 1. The third kappa shape index (κ3) is 62.6. The molecule has 0 heterocycles. The van der Waals surface area contributed by atoms with E-state index in [1.165, 1.54) is 167 Å². The van der Waals surface area contributed by atoms with Gasteiger partial charge in [-0.1, -0.05) is 298 Å². The van der Waals surface area contributed by atoms with E-state index in [1.807, 2.05) is 0 Å². The summed E-state index contributed by atoms with van der Waals surface area (Å²) in [6.07, 6.45) is 47.1. The van der Waals surface area contributed by atoms with Crippen LogP contribution in [0.25, 0.3) is 0 Å². The molecular formula is C68H132O17P2. The van der Waals surface area contributed by atoms with Gasteiger partial charge >= 0.3 is 39.5 Å². The van der Waals surface area contributed by atoms with Gasteiger partial charge in [0.25, 0.3) is 0 Å².